The molecule has 3 fully saturated rings. The number of piperidine rings is 1. The van der Waals surface area contributed by atoms with Crippen molar-refractivity contribution >= 4 is 29.1 Å². The Morgan fingerprint density at radius 3 is 2.26 bits per heavy atom. The zero-order valence-corrected chi connectivity index (χ0v) is 19.1. The highest BCUT2D eigenvalue weighted by molar-refractivity contribution is 7.12. The summed E-state index contributed by atoms with van der Waals surface area (Å²) in [6.45, 7) is 4.51. The molecule has 2 saturated heterocycles. The van der Waals surface area contributed by atoms with Gasteiger partial charge in [0.05, 0.1) is 11.4 Å². The van der Waals surface area contributed by atoms with Crippen molar-refractivity contribution in [1.29, 1.82) is 0 Å². The Morgan fingerprint density at radius 2 is 1.61 bits per heavy atom. The molecule has 0 unspecified atom stereocenters. The standard InChI is InChI=1S/C23H34N4O3S/c28-21(16-18-4-1-2-5-18)24-19-7-9-25(10-8-19)17-22(29)26-11-13-27(14-12-26)23(30)20-6-3-15-31-20/h3,6,15,18-19H,1-2,4-5,7-14,16-17H2,(H,24,28). The molecule has 1 aromatic heterocycles. The fourth-order valence-corrected chi connectivity index (χ4v) is 5.70. The highest BCUT2D eigenvalue weighted by Gasteiger charge is 2.28. The first-order valence-corrected chi connectivity index (χ1v) is 12.6. The maximum absolute atomic E-state index is 12.7. The normalized spacial score (nSPS) is 21.4. The van der Waals surface area contributed by atoms with E-state index in [0.717, 1.165) is 30.8 Å². The number of thiophene rings is 1. The maximum atomic E-state index is 12.7. The van der Waals surface area contributed by atoms with Crippen LogP contribution in [-0.4, -0.2) is 84.3 Å². The summed E-state index contributed by atoms with van der Waals surface area (Å²) in [5.41, 5.74) is 0. The van der Waals surface area contributed by atoms with Crippen molar-refractivity contribution in [2.45, 2.75) is 51.0 Å². The number of nitrogens with zero attached hydrogens (tertiary/aromatic N) is 3. The van der Waals surface area contributed by atoms with Gasteiger partial charge in [-0.2, -0.15) is 0 Å². The Morgan fingerprint density at radius 1 is 0.935 bits per heavy atom. The molecule has 7 nitrogen and oxygen atoms in total. The second-order valence-corrected chi connectivity index (χ2v) is 10.1. The molecule has 1 aliphatic carbocycles. The SMILES string of the molecule is O=C(CC1CCCC1)NC1CCN(CC(=O)N2CCN(C(=O)c3cccs3)CC2)CC1. The molecule has 4 rings (SSSR count). The van der Waals surface area contributed by atoms with E-state index in [9.17, 15) is 14.4 Å². The molecule has 3 amide bonds. The van der Waals surface area contributed by atoms with Gasteiger partial charge in [-0.25, -0.2) is 0 Å². The quantitative estimate of drug-likeness (QED) is 0.727. The van der Waals surface area contributed by atoms with Crippen molar-refractivity contribution < 1.29 is 14.4 Å². The van der Waals surface area contributed by atoms with Crippen LogP contribution in [0.25, 0.3) is 0 Å². The molecular formula is C23H34N4O3S. The lowest BCUT2D eigenvalue weighted by Gasteiger charge is -2.37. The molecule has 0 radical (unpaired) electrons. The molecule has 1 aromatic rings. The van der Waals surface area contributed by atoms with Gasteiger partial charge in [-0.15, -0.1) is 11.3 Å². The third-order valence-electron chi connectivity index (χ3n) is 6.91. The van der Waals surface area contributed by atoms with Gasteiger partial charge in [-0.1, -0.05) is 18.9 Å². The largest absolute Gasteiger partial charge is 0.353 e. The first-order valence-electron chi connectivity index (χ1n) is 11.7. The van der Waals surface area contributed by atoms with E-state index in [0.29, 0.717) is 45.1 Å². The van der Waals surface area contributed by atoms with Crippen LogP contribution in [-0.2, 0) is 9.59 Å². The monoisotopic (exact) mass is 446 g/mol. The minimum absolute atomic E-state index is 0.0687. The van der Waals surface area contributed by atoms with Crippen molar-refractivity contribution in [2.24, 2.45) is 5.92 Å². The summed E-state index contributed by atoms with van der Waals surface area (Å²) in [6.07, 6.45) is 7.43. The Hall–Kier alpha value is -1.93. The molecule has 0 atom stereocenters. The van der Waals surface area contributed by atoms with Gasteiger partial charge in [0.15, 0.2) is 0 Å². The van der Waals surface area contributed by atoms with Gasteiger partial charge in [-0.05, 0) is 43.0 Å². The number of carbonyl (C=O) groups is 3. The van der Waals surface area contributed by atoms with E-state index in [1.165, 1.54) is 37.0 Å². The number of amides is 3. The van der Waals surface area contributed by atoms with Gasteiger partial charge < -0.3 is 15.1 Å². The highest BCUT2D eigenvalue weighted by Crippen LogP contribution is 2.27. The molecule has 8 heteroatoms. The number of rotatable bonds is 6. The average molecular weight is 447 g/mol. The van der Waals surface area contributed by atoms with Crippen molar-refractivity contribution in [3.8, 4) is 0 Å². The fourth-order valence-electron chi connectivity index (χ4n) is 5.01. The van der Waals surface area contributed by atoms with Crippen molar-refractivity contribution in [3.05, 3.63) is 22.4 Å². The summed E-state index contributed by atoms with van der Waals surface area (Å²) in [7, 11) is 0. The minimum atomic E-state index is 0.0687. The minimum Gasteiger partial charge on any atom is -0.353 e. The molecule has 2 aliphatic heterocycles. The molecule has 1 saturated carbocycles. The van der Waals surface area contributed by atoms with Crippen LogP contribution in [0.3, 0.4) is 0 Å². The molecule has 0 aromatic carbocycles. The van der Waals surface area contributed by atoms with Gasteiger partial charge in [0.25, 0.3) is 5.91 Å². The van der Waals surface area contributed by atoms with E-state index in [2.05, 4.69) is 10.2 Å². The molecule has 3 heterocycles. The van der Waals surface area contributed by atoms with Gasteiger partial charge >= 0.3 is 0 Å². The summed E-state index contributed by atoms with van der Waals surface area (Å²) >= 11 is 1.46. The summed E-state index contributed by atoms with van der Waals surface area (Å²) in [4.78, 5) is 44.1. The second-order valence-electron chi connectivity index (χ2n) is 9.12. The molecule has 1 N–H and O–H groups in total. The van der Waals surface area contributed by atoms with Crippen LogP contribution in [0.15, 0.2) is 17.5 Å². The topological polar surface area (TPSA) is 73.0 Å². The number of hydrogen-bond donors (Lipinski definition) is 1. The third kappa shape index (κ3) is 6.07. The van der Waals surface area contributed by atoms with Crippen LogP contribution in [0.2, 0.25) is 0 Å². The van der Waals surface area contributed by atoms with E-state index in [-0.39, 0.29) is 23.8 Å². The number of nitrogens with one attached hydrogen (secondary N) is 1. The van der Waals surface area contributed by atoms with Gasteiger partial charge in [-0.3, -0.25) is 19.3 Å². The lowest BCUT2D eigenvalue weighted by Crippen LogP contribution is -2.53. The smallest absolute Gasteiger partial charge is 0.264 e. The molecule has 0 spiro atoms. The van der Waals surface area contributed by atoms with Gasteiger partial charge in [0, 0.05) is 51.7 Å². The van der Waals surface area contributed by atoms with Crippen molar-refractivity contribution in [3.63, 3.8) is 0 Å². The fraction of sp³-hybridized carbons (Fsp3) is 0.696. The number of hydrogen-bond acceptors (Lipinski definition) is 5. The number of carbonyl (C=O) groups excluding carboxylic acids is 3. The van der Waals surface area contributed by atoms with Gasteiger partial charge in [0.1, 0.15) is 0 Å². The van der Waals surface area contributed by atoms with E-state index >= 15 is 0 Å². The average Bonchev–Trinajstić information content (AvgIpc) is 3.49. The Bertz CT molecular complexity index is 747. The predicted molar refractivity (Wildman–Crippen MR) is 121 cm³/mol. The van der Waals surface area contributed by atoms with Crippen LogP contribution < -0.4 is 5.32 Å². The first kappa shape index (κ1) is 22.3. The molecule has 31 heavy (non-hydrogen) atoms. The van der Waals surface area contributed by atoms with E-state index in [4.69, 9.17) is 0 Å². The van der Waals surface area contributed by atoms with Crippen molar-refractivity contribution in [2.75, 3.05) is 45.8 Å². The molecular weight excluding hydrogens is 412 g/mol. The zero-order chi connectivity index (χ0) is 21.6. The van der Waals surface area contributed by atoms with Crippen LogP contribution in [0.1, 0.15) is 54.6 Å². The van der Waals surface area contributed by atoms with Crippen LogP contribution >= 0.6 is 11.3 Å². The molecule has 0 bridgehead atoms. The predicted octanol–water partition coefficient (Wildman–Crippen LogP) is 2.19. The summed E-state index contributed by atoms with van der Waals surface area (Å²) in [5, 5.41) is 5.13. The third-order valence-corrected chi connectivity index (χ3v) is 7.77. The molecule has 3 aliphatic rings. The van der Waals surface area contributed by atoms with Crippen LogP contribution in [0.4, 0.5) is 0 Å². The first-order chi connectivity index (χ1) is 15.1. The lowest BCUT2D eigenvalue weighted by molar-refractivity contribution is -0.134. The lowest BCUT2D eigenvalue weighted by atomic mass is 10.0. The second kappa shape index (κ2) is 10.6. The summed E-state index contributed by atoms with van der Waals surface area (Å²) < 4.78 is 0. The Kier molecular flexibility index (Phi) is 7.61. The Labute approximate surface area is 188 Å². The Balaban J connectivity index is 1.13. The number of piperazine rings is 1. The maximum Gasteiger partial charge on any atom is 0.264 e. The highest BCUT2D eigenvalue weighted by atomic mass is 32.1. The zero-order valence-electron chi connectivity index (χ0n) is 18.3. The van der Waals surface area contributed by atoms with Crippen molar-refractivity contribution in [1.82, 2.24) is 20.0 Å². The van der Waals surface area contributed by atoms with Gasteiger partial charge in [0.2, 0.25) is 11.8 Å². The van der Waals surface area contributed by atoms with Crippen LogP contribution in [0.5, 0.6) is 0 Å². The van der Waals surface area contributed by atoms with E-state index in [1.807, 2.05) is 27.3 Å². The molecule has 170 valence electrons. The summed E-state index contributed by atoms with van der Waals surface area (Å²) in [5.74, 6) is 1.00. The number of likely N-dealkylation sites (tertiary alicyclic amines) is 1. The van der Waals surface area contributed by atoms with Crippen LogP contribution in [0, 0.1) is 5.92 Å². The van der Waals surface area contributed by atoms with E-state index in [1.54, 1.807) is 0 Å². The summed E-state index contributed by atoms with van der Waals surface area (Å²) in [6, 6.07) is 3.99. The van der Waals surface area contributed by atoms with E-state index < -0.39 is 0 Å².